The van der Waals surface area contributed by atoms with Crippen LogP contribution in [0.15, 0.2) is 23.0 Å². The van der Waals surface area contributed by atoms with Crippen LogP contribution in [0.2, 0.25) is 0 Å². The molecule has 0 radical (unpaired) electrons. The van der Waals surface area contributed by atoms with Gasteiger partial charge < -0.3 is 25.1 Å². The Balaban J connectivity index is 1.65. The summed E-state index contributed by atoms with van der Waals surface area (Å²) in [6.07, 6.45) is 3.55. The molecule has 3 rings (SSSR count). The first-order valence-corrected chi connectivity index (χ1v) is 12.9. The Morgan fingerprint density at radius 1 is 1.00 bits per heavy atom. The van der Waals surface area contributed by atoms with Gasteiger partial charge in [0.25, 0.3) is 0 Å². The molecule has 0 bridgehead atoms. The van der Waals surface area contributed by atoms with Gasteiger partial charge in [-0.05, 0) is 50.4 Å². The maximum absolute atomic E-state index is 13.9. The van der Waals surface area contributed by atoms with Crippen LogP contribution in [0.25, 0.3) is 21.8 Å². The highest BCUT2D eigenvalue weighted by Crippen LogP contribution is 2.39. The van der Waals surface area contributed by atoms with Crippen molar-refractivity contribution in [1.29, 1.82) is 0 Å². The van der Waals surface area contributed by atoms with E-state index in [1.54, 1.807) is 6.07 Å². The third-order valence-corrected chi connectivity index (χ3v) is 6.98. The van der Waals surface area contributed by atoms with Crippen molar-refractivity contribution < 1.29 is 23.4 Å². The van der Waals surface area contributed by atoms with E-state index < -0.39 is 17.3 Å². The number of aryl methyl sites for hydroxylation is 2. The Labute approximate surface area is 209 Å². The molecule has 1 aromatic carbocycles. The van der Waals surface area contributed by atoms with E-state index in [1.807, 2.05) is 19.9 Å². The fourth-order valence-corrected chi connectivity index (χ4v) is 5.15. The molecule has 2 heterocycles. The summed E-state index contributed by atoms with van der Waals surface area (Å²) in [5.41, 5.74) is 1.24. The molecular formula is C27H38F3N3O3. The Kier molecular flexibility index (Phi) is 9.99. The lowest BCUT2D eigenvalue weighted by Crippen LogP contribution is -2.36. The minimum Gasteiger partial charge on any atom is -0.395 e. The molecule has 0 saturated heterocycles. The van der Waals surface area contributed by atoms with Gasteiger partial charge in [-0.2, -0.15) is 13.2 Å². The minimum absolute atomic E-state index is 0.0638. The number of aliphatic hydroxyl groups is 2. The molecule has 36 heavy (non-hydrogen) atoms. The maximum atomic E-state index is 13.9. The Morgan fingerprint density at radius 3 is 2.25 bits per heavy atom. The van der Waals surface area contributed by atoms with Crippen molar-refractivity contribution in [2.24, 2.45) is 0 Å². The molecule has 4 N–H and O–H groups in total. The quantitative estimate of drug-likeness (QED) is 0.229. The number of hydrogen-bond donors (Lipinski definition) is 4. The first-order valence-electron chi connectivity index (χ1n) is 12.9. The van der Waals surface area contributed by atoms with Gasteiger partial charge in [0.05, 0.1) is 24.8 Å². The number of rotatable bonds is 14. The lowest BCUT2D eigenvalue weighted by atomic mass is 10.0. The van der Waals surface area contributed by atoms with Crippen molar-refractivity contribution in [3.63, 3.8) is 0 Å². The van der Waals surface area contributed by atoms with E-state index in [4.69, 9.17) is 10.2 Å². The lowest BCUT2D eigenvalue weighted by Gasteiger charge is -2.13. The van der Waals surface area contributed by atoms with E-state index in [0.29, 0.717) is 17.9 Å². The summed E-state index contributed by atoms with van der Waals surface area (Å²) < 4.78 is 43.7. The summed E-state index contributed by atoms with van der Waals surface area (Å²) in [6, 6.07) is 3.83. The molecule has 0 aliphatic heterocycles. The molecule has 0 saturated carbocycles. The molecular weight excluding hydrogens is 471 g/mol. The number of H-pyrrole nitrogens is 1. The van der Waals surface area contributed by atoms with Crippen LogP contribution in [0.1, 0.15) is 68.7 Å². The van der Waals surface area contributed by atoms with Crippen molar-refractivity contribution in [2.45, 2.75) is 84.0 Å². The van der Waals surface area contributed by atoms with Gasteiger partial charge in [0, 0.05) is 40.1 Å². The van der Waals surface area contributed by atoms with Crippen LogP contribution in [0.4, 0.5) is 13.2 Å². The third-order valence-electron chi connectivity index (χ3n) is 6.98. The Bertz CT molecular complexity index is 1200. The van der Waals surface area contributed by atoms with Crippen LogP contribution < -0.4 is 10.9 Å². The van der Waals surface area contributed by atoms with Crippen LogP contribution in [-0.2, 0) is 19.1 Å². The molecule has 200 valence electrons. The number of nitrogens with one attached hydrogen (secondary N) is 2. The number of hydrogen-bond acceptors (Lipinski definition) is 4. The normalized spacial score (nSPS) is 12.4. The average molecular weight is 510 g/mol. The molecule has 0 atom stereocenters. The first kappa shape index (κ1) is 28.2. The first-order chi connectivity index (χ1) is 17.2. The molecule has 0 aliphatic carbocycles. The number of aliphatic hydroxyl groups excluding tert-OH is 2. The van der Waals surface area contributed by atoms with E-state index in [-0.39, 0.29) is 30.2 Å². The number of alkyl halides is 3. The van der Waals surface area contributed by atoms with E-state index in [1.165, 1.54) is 0 Å². The molecule has 3 aromatic rings. The summed E-state index contributed by atoms with van der Waals surface area (Å²) in [5, 5.41) is 21.9. The average Bonchev–Trinajstić information content (AvgIpc) is 3.12. The fourth-order valence-electron chi connectivity index (χ4n) is 5.15. The summed E-state index contributed by atoms with van der Waals surface area (Å²) in [5.74, 6) is 0. The van der Waals surface area contributed by atoms with E-state index in [2.05, 4.69) is 14.9 Å². The molecule has 0 amide bonds. The molecule has 2 aromatic heterocycles. The number of fused-ring (bicyclic) bond motifs is 3. The molecule has 0 spiro atoms. The predicted octanol–water partition coefficient (Wildman–Crippen LogP) is 5.05. The smallest absolute Gasteiger partial charge is 0.395 e. The van der Waals surface area contributed by atoms with Gasteiger partial charge in [-0.15, -0.1) is 0 Å². The predicted molar refractivity (Wildman–Crippen MR) is 137 cm³/mol. The van der Waals surface area contributed by atoms with Gasteiger partial charge in [0.1, 0.15) is 0 Å². The molecule has 9 heteroatoms. The van der Waals surface area contributed by atoms with Gasteiger partial charge in [-0.25, -0.2) is 0 Å². The van der Waals surface area contributed by atoms with E-state index in [0.717, 1.165) is 74.8 Å². The van der Waals surface area contributed by atoms with Gasteiger partial charge in [0.15, 0.2) is 0 Å². The summed E-state index contributed by atoms with van der Waals surface area (Å²) >= 11 is 0. The number of nitrogens with zero attached hydrogens (tertiary/aromatic N) is 1. The highest BCUT2D eigenvalue weighted by atomic mass is 19.4. The van der Waals surface area contributed by atoms with Crippen LogP contribution in [0, 0.1) is 6.92 Å². The minimum atomic E-state index is -4.61. The van der Waals surface area contributed by atoms with Gasteiger partial charge >= 0.3 is 6.18 Å². The second kappa shape index (κ2) is 12.7. The molecule has 6 nitrogen and oxygen atoms in total. The van der Waals surface area contributed by atoms with Crippen molar-refractivity contribution >= 4 is 21.8 Å². The largest absolute Gasteiger partial charge is 0.417 e. The number of unbranched alkanes of at least 4 members (excludes halogenated alkanes) is 6. The maximum Gasteiger partial charge on any atom is 0.417 e. The monoisotopic (exact) mass is 509 g/mol. The summed E-state index contributed by atoms with van der Waals surface area (Å²) in [6.45, 7) is 5.30. The number of aromatic nitrogens is 2. The zero-order valence-electron chi connectivity index (χ0n) is 21.2. The molecule has 0 fully saturated rings. The van der Waals surface area contributed by atoms with Crippen molar-refractivity contribution in [1.82, 2.24) is 14.9 Å². The fraction of sp³-hybridized carbons (Fsp3) is 0.593. The van der Waals surface area contributed by atoms with Crippen molar-refractivity contribution in [3.8, 4) is 0 Å². The zero-order valence-corrected chi connectivity index (χ0v) is 21.2. The Hall–Kier alpha value is -2.36. The van der Waals surface area contributed by atoms with Crippen LogP contribution in [0.5, 0.6) is 0 Å². The van der Waals surface area contributed by atoms with Crippen LogP contribution in [-0.4, -0.2) is 45.6 Å². The van der Waals surface area contributed by atoms with Crippen molar-refractivity contribution in [3.05, 3.63) is 45.4 Å². The third kappa shape index (κ3) is 6.49. The summed E-state index contributed by atoms with van der Waals surface area (Å²) in [7, 11) is 0. The van der Waals surface area contributed by atoms with Gasteiger partial charge in [0.2, 0.25) is 5.56 Å². The second-order valence-corrected chi connectivity index (χ2v) is 9.50. The number of pyridine rings is 1. The van der Waals surface area contributed by atoms with Gasteiger partial charge in [-0.3, -0.25) is 4.79 Å². The van der Waals surface area contributed by atoms with E-state index >= 15 is 0 Å². The van der Waals surface area contributed by atoms with Gasteiger partial charge in [-0.1, -0.05) is 39.0 Å². The standard InChI is InChI=1S/C27H38F3N3O3/c1-3-22-18(2)25-23(12-11-21-26(25)20(27(28,29)30)15-24(36)32-21)33(22)14-10-8-6-4-5-7-9-13-31-19(16-34)17-35/h11-12,15,19,31,34-35H,3-10,13-14,16-17H2,1-2H3,(H,32,36). The molecule has 0 aliphatic rings. The number of aromatic amines is 1. The topological polar surface area (TPSA) is 90.3 Å². The Morgan fingerprint density at radius 2 is 1.64 bits per heavy atom. The SMILES string of the molecule is CCc1c(C)c2c3c(C(F)(F)F)cc(=O)[nH]c3ccc2n1CCCCCCCCCNC(CO)CO. The van der Waals surface area contributed by atoms with Crippen LogP contribution >= 0.6 is 0 Å². The lowest BCUT2D eigenvalue weighted by molar-refractivity contribution is -0.136. The summed E-state index contributed by atoms with van der Waals surface area (Å²) in [4.78, 5) is 14.4. The highest BCUT2D eigenvalue weighted by molar-refractivity contribution is 6.09. The highest BCUT2D eigenvalue weighted by Gasteiger charge is 2.34. The number of halogens is 3. The second-order valence-electron chi connectivity index (χ2n) is 9.50. The van der Waals surface area contributed by atoms with E-state index in [9.17, 15) is 18.0 Å². The van der Waals surface area contributed by atoms with Crippen molar-refractivity contribution in [2.75, 3.05) is 19.8 Å². The zero-order chi connectivity index (χ0) is 26.3. The van der Waals surface area contributed by atoms with Crippen LogP contribution in [0.3, 0.4) is 0 Å². The molecule has 0 unspecified atom stereocenters. The number of benzene rings is 1.